The quantitative estimate of drug-likeness (QED) is 0.652. The van der Waals surface area contributed by atoms with Crippen LogP contribution in [0, 0.1) is 5.92 Å². The van der Waals surface area contributed by atoms with Crippen LogP contribution in [0.2, 0.25) is 0 Å². The van der Waals surface area contributed by atoms with Crippen molar-refractivity contribution in [2.75, 3.05) is 5.73 Å². The van der Waals surface area contributed by atoms with E-state index in [1.54, 1.807) is 0 Å². The molecule has 0 saturated heterocycles. The van der Waals surface area contributed by atoms with E-state index < -0.39 is 0 Å². The molecule has 1 atom stereocenters. The molecule has 0 spiro atoms. The molecule has 13 heavy (non-hydrogen) atoms. The first kappa shape index (κ1) is 8.61. The highest BCUT2D eigenvalue weighted by molar-refractivity contribution is 5.48. The molecule has 1 heteroatoms. The highest BCUT2D eigenvalue weighted by Gasteiger charge is 2.24. The lowest BCUT2D eigenvalue weighted by molar-refractivity contribution is 0.496. The minimum absolute atomic E-state index is 0.755. The van der Waals surface area contributed by atoms with Gasteiger partial charge in [0.25, 0.3) is 0 Å². The Labute approximate surface area is 80.0 Å². The van der Waals surface area contributed by atoms with Crippen LogP contribution in [-0.4, -0.2) is 0 Å². The van der Waals surface area contributed by atoms with Gasteiger partial charge in [0.1, 0.15) is 0 Å². The van der Waals surface area contributed by atoms with Crippen LogP contribution in [0.4, 0.5) is 5.69 Å². The first-order valence-electron chi connectivity index (χ1n) is 5.07. The third kappa shape index (κ3) is 1.43. The molecule has 1 aromatic rings. The van der Waals surface area contributed by atoms with Gasteiger partial charge in [-0.25, -0.2) is 0 Å². The lowest BCUT2D eigenvalue weighted by atomic mass is 9.90. The maximum atomic E-state index is 5.75. The number of rotatable bonds is 1. The molecule has 0 aliphatic heterocycles. The molecule has 2 N–H and O–H groups in total. The number of anilines is 1. The number of fused-ring (bicyclic) bond motifs is 1. The maximum absolute atomic E-state index is 5.75. The summed E-state index contributed by atoms with van der Waals surface area (Å²) in [5.41, 5.74) is 9.66. The van der Waals surface area contributed by atoms with Gasteiger partial charge in [-0.1, -0.05) is 19.9 Å². The van der Waals surface area contributed by atoms with Crippen molar-refractivity contribution in [2.24, 2.45) is 5.92 Å². The topological polar surface area (TPSA) is 26.0 Å². The van der Waals surface area contributed by atoms with E-state index in [2.05, 4.69) is 26.0 Å². The number of nitrogen functional groups attached to an aromatic ring is 1. The SMILES string of the molecule is CC(C)C1CCc2cc(N)ccc21. The number of hydrogen-bond acceptors (Lipinski definition) is 1. The van der Waals surface area contributed by atoms with Gasteiger partial charge in [-0.2, -0.15) is 0 Å². The second-order valence-corrected chi connectivity index (χ2v) is 4.35. The van der Waals surface area contributed by atoms with Crippen molar-refractivity contribution in [1.82, 2.24) is 0 Å². The molecule has 2 rings (SSSR count). The van der Waals surface area contributed by atoms with Gasteiger partial charge in [0, 0.05) is 5.69 Å². The molecular weight excluding hydrogens is 158 g/mol. The maximum Gasteiger partial charge on any atom is 0.0316 e. The molecule has 0 bridgehead atoms. The van der Waals surface area contributed by atoms with Crippen LogP contribution in [0.1, 0.15) is 37.3 Å². The van der Waals surface area contributed by atoms with Gasteiger partial charge in [0.15, 0.2) is 0 Å². The predicted molar refractivity (Wildman–Crippen MR) is 56.8 cm³/mol. The van der Waals surface area contributed by atoms with E-state index in [1.807, 2.05) is 6.07 Å². The van der Waals surface area contributed by atoms with E-state index >= 15 is 0 Å². The third-order valence-corrected chi connectivity index (χ3v) is 3.10. The van der Waals surface area contributed by atoms with E-state index in [4.69, 9.17) is 5.73 Å². The largest absolute Gasteiger partial charge is 0.399 e. The zero-order valence-corrected chi connectivity index (χ0v) is 8.38. The Balaban J connectivity index is 2.38. The normalized spacial score (nSPS) is 20.7. The summed E-state index contributed by atoms with van der Waals surface area (Å²) in [6.45, 7) is 4.60. The van der Waals surface area contributed by atoms with E-state index in [-0.39, 0.29) is 0 Å². The standard InChI is InChI=1S/C12H17N/c1-8(2)11-5-3-9-7-10(13)4-6-12(9)11/h4,6-8,11H,3,5,13H2,1-2H3. The summed E-state index contributed by atoms with van der Waals surface area (Å²) in [4.78, 5) is 0. The lowest BCUT2D eigenvalue weighted by Gasteiger charge is -2.15. The van der Waals surface area contributed by atoms with Gasteiger partial charge < -0.3 is 5.73 Å². The average molecular weight is 175 g/mol. The molecule has 1 aliphatic carbocycles. The zero-order chi connectivity index (χ0) is 9.42. The summed E-state index contributed by atoms with van der Waals surface area (Å²) in [6.07, 6.45) is 2.51. The van der Waals surface area contributed by atoms with E-state index in [1.165, 1.54) is 24.0 Å². The predicted octanol–water partition coefficient (Wildman–Crippen LogP) is 2.95. The summed E-state index contributed by atoms with van der Waals surface area (Å²) in [5.74, 6) is 1.51. The van der Waals surface area contributed by atoms with Crippen molar-refractivity contribution in [3.8, 4) is 0 Å². The highest BCUT2D eigenvalue weighted by atomic mass is 14.5. The van der Waals surface area contributed by atoms with Crippen molar-refractivity contribution in [2.45, 2.75) is 32.6 Å². The van der Waals surface area contributed by atoms with Gasteiger partial charge in [-0.3, -0.25) is 0 Å². The number of aryl methyl sites for hydroxylation is 1. The minimum atomic E-state index is 0.755. The summed E-state index contributed by atoms with van der Waals surface area (Å²) in [7, 11) is 0. The van der Waals surface area contributed by atoms with Crippen LogP contribution in [-0.2, 0) is 6.42 Å². The Morgan fingerprint density at radius 2 is 2.15 bits per heavy atom. The zero-order valence-electron chi connectivity index (χ0n) is 8.38. The molecular formula is C12H17N. The van der Waals surface area contributed by atoms with Gasteiger partial charge in [0.05, 0.1) is 0 Å². The molecule has 0 aromatic heterocycles. The first-order chi connectivity index (χ1) is 6.18. The Morgan fingerprint density at radius 3 is 2.85 bits per heavy atom. The van der Waals surface area contributed by atoms with Gasteiger partial charge in [-0.05, 0) is 47.9 Å². The number of benzene rings is 1. The van der Waals surface area contributed by atoms with Crippen molar-refractivity contribution < 1.29 is 0 Å². The molecule has 0 fully saturated rings. The minimum Gasteiger partial charge on any atom is -0.399 e. The van der Waals surface area contributed by atoms with Crippen LogP contribution >= 0.6 is 0 Å². The molecule has 1 nitrogen and oxygen atoms in total. The molecule has 1 aromatic carbocycles. The Morgan fingerprint density at radius 1 is 1.38 bits per heavy atom. The molecule has 0 saturated carbocycles. The van der Waals surface area contributed by atoms with Crippen LogP contribution in [0.5, 0.6) is 0 Å². The van der Waals surface area contributed by atoms with Gasteiger partial charge >= 0.3 is 0 Å². The fraction of sp³-hybridized carbons (Fsp3) is 0.500. The first-order valence-corrected chi connectivity index (χ1v) is 5.07. The van der Waals surface area contributed by atoms with Crippen molar-refractivity contribution >= 4 is 5.69 Å². The van der Waals surface area contributed by atoms with Gasteiger partial charge in [0.2, 0.25) is 0 Å². The van der Waals surface area contributed by atoms with E-state index in [0.29, 0.717) is 0 Å². The Hall–Kier alpha value is -0.980. The van der Waals surface area contributed by atoms with Crippen LogP contribution in [0.25, 0.3) is 0 Å². The Kier molecular flexibility index (Phi) is 2.03. The van der Waals surface area contributed by atoms with E-state index in [9.17, 15) is 0 Å². The third-order valence-electron chi connectivity index (χ3n) is 3.10. The van der Waals surface area contributed by atoms with Crippen LogP contribution < -0.4 is 5.73 Å². The smallest absolute Gasteiger partial charge is 0.0316 e. The number of nitrogens with two attached hydrogens (primary N) is 1. The highest BCUT2D eigenvalue weighted by Crippen LogP contribution is 2.38. The average Bonchev–Trinajstić information content (AvgIpc) is 2.46. The fourth-order valence-electron chi connectivity index (χ4n) is 2.36. The summed E-state index contributed by atoms with van der Waals surface area (Å²) < 4.78 is 0. The number of hydrogen-bond donors (Lipinski definition) is 1. The second kappa shape index (κ2) is 3.06. The molecule has 1 aliphatic rings. The summed E-state index contributed by atoms with van der Waals surface area (Å²) in [6, 6.07) is 6.37. The van der Waals surface area contributed by atoms with Crippen molar-refractivity contribution in [3.63, 3.8) is 0 Å². The Bertz CT molecular complexity index is 315. The van der Waals surface area contributed by atoms with Crippen molar-refractivity contribution in [1.29, 1.82) is 0 Å². The summed E-state index contributed by atoms with van der Waals surface area (Å²) >= 11 is 0. The lowest BCUT2D eigenvalue weighted by Crippen LogP contribution is -2.02. The van der Waals surface area contributed by atoms with Crippen LogP contribution in [0.3, 0.4) is 0 Å². The molecule has 70 valence electrons. The summed E-state index contributed by atoms with van der Waals surface area (Å²) in [5, 5.41) is 0. The fourth-order valence-corrected chi connectivity index (χ4v) is 2.36. The molecule has 0 amide bonds. The van der Waals surface area contributed by atoms with Crippen molar-refractivity contribution in [3.05, 3.63) is 29.3 Å². The molecule has 1 unspecified atom stereocenters. The second-order valence-electron chi connectivity index (χ2n) is 4.35. The van der Waals surface area contributed by atoms with Crippen LogP contribution in [0.15, 0.2) is 18.2 Å². The molecule has 0 radical (unpaired) electrons. The van der Waals surface area contributed by atoms with E-state index in [0.717, 1.165) is 17.5 Å². The molecule has 0 heterocycles. The van der Waals surface area contributed by atoms with Gasteiger partial charge in [-0.15, -0.1) is 0 Å². The monoisotopic (exact) mass is 175 g/mol.